The van der Waals surface area contributed by atoms with Gasteiger partial charge < -0.3 is 10.4 Å². The predicted octanol–water partition coefficient (Wildman–Crippen LogP) is 1.99. The fraction of sp³-hybridized carbons (Fsp3) is 0.125. The van der Waals surface area contributed by atoms with Gasteiger partial charge in [-0.3, -0.25) is 9.78 Å². The van der Waals surface area contributed by atoms with Crippen molar-refractivity contribution in [2.75, 3.05) is 11.9 Å². The Morgan fingerprint density at radius 2 is 2.15 bits per heavy atom. The number of aryl methyl sites for hydroxylation is 1. The summed E-state index contributed by atoms with van der Waals surface area (Å²) in [6, 6.07) is 8.84. The van der Waals surface area contributed by atoms with Crippen molar-refractivity contribution in [2.24, 2.45) is 0 Å². The number of pyridine rings is 1. The van der Waals surface area contributed by atoms with Gasteiger partial charge in [-0.05, 0) is 30.7 Å². The number of aliphatic hydroxyl groups is 1. The molecule has 2 rings (SSSR count). The van der Waals surface area contributed by atoms with Crippen molar-refractivity contribution in [2.45, 2.75) is 6.92 Å². The van der Waals surface area contributed by atoms with Gasteiger partial charge in [0, 0.05) is 11.8 Å². The summed E-state index contributed by atoms with van der Waals surface area (Å²) in [5.74, 6) is 5.07. The Labute approximate surface area is 117 Å². The van der Waals surface area contributed by atoms with Gasteiger partial charge in [0.05, 0.1) is 17.4 Å². The van der Waals surface area contributed by atoms with Gasteiger partial charge in [-0.15, -0.1) is 0 Å². The van der Waals surface area contributed by atoms with Crippen LogP contribution in [0, 0.1) is 18.8 Å². The summed E-state index contributed by atoms with van der Waals surface area (Å²) in [5, 5.41) is 11.6. The largest absolute Gasteiger partial charge is 0.384 e. The van der Waals surface area contributed by atoms with Crippen LogP contribution in [0.25, 0.3) is 0 Å². The Morgan fingerprint density at radius 3 is 2.90 bits per heavy atom. The average Bonchev–Trinajstić information content (AvgIpc) is 2.47. The number of nitrogens with one attached hydrogen (secondary N) is 1. The Hall–Kier alpha value is -2.64. The highest BCUT2D eigenvalue weighted by Crippen LogP contribution is 2.15. The van der Waals surface area contributed by atoms with Crippen LogP contribution < -0.4 is 5.32 Å². The molecule has 0 bridgehead atoms. The lowest BCUT2D eigenvalue weighted by Gasteiger charge is -2.08. The van der Waals surface area contributed by atoms with Crippen LogP contribution in [0.4, 0.5) is 5.69 Å². The molecule has 0 aliphatic carbocycles. The molecule has 0 saturated heterocycles. The van der Waals surface area contributed by atoms with Crippen LogP contribution in [-0.4, -0.2) is 22.6 Å². The minimum absolute atomic E-state index is 0.238. The number of hydrogen-bond donors (Lipinski definition) is 2. The first kappa shape index (κ1) is 13.8. The highest BCUT2D eigenvalue weighted by atomic mass is 16.2. The van der Waals surface area contributed by atoms with Gasteiger partial charge in [-0.2, -0.15) is 0 Å². The molecule has 0 radical (unpaired) electrons. The van der Waals surface area contributed by atoms with E-state index in [9.17, 15) is 4.79 Å². The molecule has 4 heteroatoms. The zero-order valence-electron chi connectivity index (χ0n) is 11.1. The van der Waals surface area contributed by atoms with Gasteiger partial charge in [0.1, 0.15) is 6.61 Å². The maximum Gasteiger partial charge on any atom is 0.256 e. The number of amides is 1. The molecule has 1 heterocycles. The average molecular weight is 266 g/mol. The molecule has 1 aromatic heterocycles. The van der Waals surface area contributed by atoms with Crippen molar-refractivity contribution < 1.29 is 9.90 Å². The summed E-state index contributed by atoms with van der Waals surface area (Å²) >= 11 is 0. The monoisotopic (exact) mass is 266 g/mol. The van der Waals surface area contributed by atoms with E-state index in [1.807, 2.05) is 13.0 Å². The molecule has 2 N–H and O–H groups in total. The molecular weight excluding hydrogens is 252 g/mol. The molecule has 100 valence electrons. The van der Waals surface area contributed by atoms with Crippen molar-refractivity contribution in [1.29, 1.82) is 0 Å². The van der Waals surface area contributed by atoms with E-state index in [0.29, 0.717) is 16.8 Å². The molecule has 20 heavy (non-hydrogen) atoms. The summed E-state index contributed by atoms with van der Waals surface area (Å²) in [5.41, 5.74) is 2.66. The molecule has 1 aromatic carbocycles. The second-order valence-corrected chi connectivity index (χ2v) is 4.15. The van der Waals surface area contributed by atoms with Crippen LogP contribution in [-0.2, 0) is 0 Å². The van der Waals surface area contributed by atoms with Crippen LogP contribution in [0.15, 0.2) is 42.7 Å². The third-order valence-corrected chi connectivity index (χ3v) is 2.76. The maximum atomic E-state index is 12.3. The van der Waals surface area contributed by atoms with Crippen molar-refractivity contribution >= 4 is 11.6 Å². The first-order valence-electron chi connectivity index (χ1n) is 6.13. The molecule has 0 saturated carbocycles. The van der Waals surface area contributed by atoms with E-state index >= 15 is 0 Å². The van der Waals surface area contributed by atoms with E-state index < -0.39 is 0 Å². The van der Waals surface area contributed by atoms with Crippen LogP contribution in [0.5, 0.6) is 0 Å². The number of benzene rings is 1. The highest BCUT2D eigenvalue weighted by Gasteiger charge is 2.10. The van der Waals surface area contributed by atoms with Crippen LogP contribution in [0.1, 0.15) is 21.5 Å². The van der Waals surface area contributed by atoms with Gasteiger partial charge in [-0.25, -0.2) is 0 Å². The number of carbonyl (C=O) groups excluding carboxylic acids is 1. The lowest BCUT2D eigenvalue weighted by atomic mass is 10.1. The molecule has 0 aliphatic rings. The lowest BCUT2D eigenvalue weighted by Crippen LogP contribution is -2.14. The lowest BCUT2D eigenvalue weighted by molar-refractivity contribution is 0.102. The molecule has 0 spiro atoms. The van der Waals surface area contributed by atoms with Gasteiger partial charge in [-0.1, -0.05) is 24.0 Å². The second kappa shape index (κ2) is 6.50. The molecule has 2 aromatic rings. The van der Waals surface area contributed by atoms with Crippen LogP contribution in [0.3, 0.4) is 0 Å². The summed E-state index contributed by atoms with van der Waals surface area (Å²) in [4.78, 5) is 16.3. The Kier molecular flexibility index (Phi) is 4.48. The summed E-state index contributed by atoms with van der Waals surface area (Å²) in [6.07, 6.45) is 3.28. The normalized spacial score (nSPS) is 9.50. The smallest absolute Gasteiger partial charge is 0.256 e. The third-order valence-electron chi connectivity index (χ3n) is 2.76. The fourth-order valence-corrected chi connectivity index (χ4v) is 1.71. The molecule has 0 aliphatic heterocycles. The maximum absolute atomic E-state index is 12.3. The van der Waals surface area contributed by atoms with Gasteiger partial charge in [0.2, 0.25) is 0 Å². The molecule has 4 nitrogen and oxygen atoms in total. The van der Waals surface area contributed by atoms with Crippen LogP contribution in [0.2, 0.25) is 0 Å². The first-order valence-corrected chi connectivity index (χ1v) is 6.13. The van der Waals surface area contributed by atoms with E-state index in [-0.39, 0.29) is 12.5 Å². The standard InChI is InChI=1S/C16H14N2O2/c1-12-8-9-17-11-15(12)18-16(20)14-7-3-2-5-13(14)6-4-10-19/h2-3,5,7-9,11,19H,10H2,1H3,(H,18,20). The van der Waals surface area contributed by atoms with Gasteiger partial charge in [0.25, 0.3) is 5.91 Å². The molecule has 0 fully saturated rings. The number of hydrogen-bond acceptors (Lipinski definition) is 3. The zero-order valence-corrected chi connectivity index (χ0v) is 11.1. The van der Waals surface area contributed by atoms with Crippen molar-refractivity contribution in [3.8, 4) is 11.8 Å². The Morgan fingerprint density at radius 1 is 1.35 bits per heavy atom. The molecular formula is C16H14N2O2. The number of carbonyl (C=O) groups is 1. The predicted molar refractivity (Wildman–Crippen MR) is 77.3 cm³/mol. The minimum Gasteiger partial charge on any atom is -0.384 e. The minimum atomic E-state index is -0.246. The molecule has 0 atom stereocenters. The zero-order chi connectivity index (χ0) is 14.4. The number of aliphatic hydroxyl groups excluding tert-OH is 1. The summed E-state index contributed by atoms with van der Waals surface area (Å²) in [7, 11) is 0. The molecule has 1 amide bonds. The van der Waals surface area contributed by atoms with Gasteiger partial charge >= 0.3 is 0 Å². The van der Waals surface area contributed by atoms with E-state index in [4.69, 9.17) is 5.11 Å². The second-order valence-electron chi connectivity index (χ2n) is 4.15. The Balaban J connectivity index is 2.28. The van der Waals surface area contributed by atoms with Crippen LogP contribution >= 0.6 is 0 Å². The van der Waals surface area contributed by atoms with Gasteiger partial charge in [0.15, 0.2) is 0 Å². The van der Waals surface area contributed by atoms with E-state index in [2.05, 4.69) is 22.1 Å². The summed E-state index contributed by atoms with van der Waals surface area (Å²) in [6.45, 7) is 1.66. The van der Waals surface area contributed by atoms with Crippen molar-refractivity contribution in [1.82, 2.24) is 4.98 Å². The van der Waals surface area contributed by atoms with Crippen molar-refractivity contribution in [3.05, 3.63) is 59.4 Å². The number of nitrogens with zero attached hydrogens (tertiary/aromatic N) is 1. The number of anilines is 1. The first-order chi connectivity index (χ1) is 9.72. The van der Waals surface area contributed by atoms with E-state index in [1.165, 1.54) is 0 Å². The SMILES string of the molecule is Cc1ccncc1NC(=O)c1ccccc1C#CCO. The molecule has 0 unspecified atom stereocenters. The van der Waals surface area contributed by atoms with Crippen molar-refractivity contribution in [3.63, 3.8) is 0 Å². The summed E-state index contributed by atoms with van der Waals surface area (Å²) < 4.78 is 0. The van der Waals surface area contributed by atoms with E-state index in [1.54, 1.807) is 36.7 Å². The Bertz CT molecular complexity index is 684. The number of aromatic nitrogens is 1. The topological polar surface area (TPSA) is 62.2 Å². The fourth-order valence-electron chi connectivity index (χ4n) is 1.71. The third kappa shape index (κ3) is 3.22. The van der Waals surface area contributed by atoms with E-state index in [0.717, 1.165) is 5.56 Å². The highest BCUT2D eigenvalue weighted by molar-refractivity contribution is 6.06. The number of rotatable bonds is 2. The quantitative estimate of drug-likeness (QED) is 0.817.